The fraction of sp³-hybridized carbons (Fsp3) is 0.476. The average molecular weight is 479 g/mol. The van der Waals surface area contributed by atoms with Crippen LogP contribution in [0.25, 0.3) is 11.2 Å². The van der Waals surface area contributed by atoms with E-state index >= 15 is 0 Å². The minimum Gasteiger partial charge on any atom is -0.490 e. The van der Waals surface area contributed by atoms with Crippen LogP contribution < -0.4 is 20.6 Å². The van der Waals surface area contributed by atoms with Crippen LogP contribution in [0, 0.1) is 0 Å². The molecular formula is C21H25ClN5O6+. The molecule has 2 aliphatic rings. The van der Waals surface area contributed by atoms with Gasteiger partial charge in [0.2, 0.25) is 11.7 Å². The number of nitrogens with one attached hydrogen (secondary N) is 1. The number of nitrogens with two attached hydrogens (primary N) is 1. The van der Waals surface area contributed by atoms with E-state index in [-0.39, 0.29) is 18.1 Å². The molecular weight excluding hydrogens is 454 g/mol. The van der Waals surface area contributed by atoms with E-state index < -0.39 is 30.3 Å². The fourth-order valence-electron chi connectivity index (χ4n) is 4.35. The Morgan fingerprint density at radius 3 is 2.76 bits per heavy atom. The van der Waals surface area contributed by atoms with Crippen molar-refractivity contribution in [2.24, 2.45) is 0 Å². The van der Waals surface area contributed by atoms with Crippen LogP contribution in [-0.4, -0.2) is 57.0 Å². The highest BCUT2D eigenvalue weighted by Gasteiger charge is 2.57. The topological polar surface area (TPSA) is 138 Å². The Hall–Kier alpha value is -2.70. The number of nitrogen functional groups attached to an aromatic ring is 1. The molecule has 0 saturated carbocycles. The molecule has 4 atom stereocenters. The fourth-order valence-corrected chi connectivity index (χ4v) is 4.48. The normalized spacial score (nSPS) is 26.1. The number of fused-ring (bicyclic) bond motifs is 2. The van der Waals surface area contributed by atoms with Gasteiger partial charge < -0.3 is 29.8 Å². The van der Waals surface area contributed by atoms with Crippen LogP contribution in [0.2, 0.25) is 5.02 Å². The summed E-state index contributed by atoms with van der Waals surface area (Å²) in [6.07, 6.45) is -0.514. The highest BCUT2D eigenvalue weighted by molar-refractivity contribution is 6.30. The summed E-state index contributed by atoms with van der Waals surface area (Å²) < 4.78 is 27.3. The van der Waals surface area contributed by atoms with Crippen molar-refractivity contribution in [2.45, 2.75) is 50.7 Å². The Balaban J connectivity index is 1.48. The number of imidazole rings is 1. The van der Waals surface area contributed by atoms with Crippen LogP contribution in [0.3, 0.4) is 0 Å². The molecule has 11 nitrogen and oxygen atoms in total. The van der Waals surface area contributed by atoms with E-state index in [0.29, 0.717) is 35.1 Å². The number of rotatable bonds is 6. The molecule has 4 N–H and O–H groups in total. The van der Waals surface area contributed by atoms with Crippen LogP contribution in [0.4, 0.5) is 5.95 Å². The summed E-state index contributed by atoms with van der Waals surface area (Å²) >= 11 is 5.91. The summed E-state index contributed by atoms with van der Waals surface area (Å²) in [5, 5.41) is 10.4. The number of halogens is 1. The molecule has 2 aliphatic heterocycles. The van der Waals surface area contributed by atoms with E-state index in [1.165, 1.54) is 0 Å². The van der Waals surface area contributed by atoms with Gasteiger partial charge in [0.25, 0.3) is 11.5 Å². The summed E-state index contributed by atoms with van der Waals surface area (Å²) in [5.74, 6) is -0.194. The second kappa shape index (κ2) is 8.26. The minimum absolute atomic E-state index is 0.0198. The van der Waals surface area contributed by atoms with Crippen LogP contribution in [0.1, 0.15) is 20.1 Å². The molecule has 0 unspecified atom stereocenters. The van der Waals surface area contributed by atoms with Crippen molar-refractivity contribution < 1.29 is 28.6 Å². The van der Waals surface area contributed by atoms with Crippen molar-refractivity contribution in [3.63, 3.8) is 0 Å². The molecule has 2 aromatic heterocycles. The SMILES string of the molecule is CC1(C)O[C@@H]2[C@H](O1)[C@@H](CO)O[C@H]2[n+]1cn(CCOc2ccc(Cl)cc2)c2c(=O)[nH]c(N)nc21. The molecule has 4 heterocycles. The monoisotopic (exact) mass is 478 g/mol. The molecule has 3 aromatic rings. The van der Waals surface area contributed by atoms with Gasteiger partial charge in [-0.3, -0.25) is 14.3 Å². The molecule has 5 rings (SSSR count). The van der Waals surface area contributed by atoms with Crippen LogP contribution in [-0.2, 0) is 20.8 Å². The molecule has 0 bridgehead atoms. The highest BCUT2D eigenvalue weighted by atomic mass is 35.5. The van der Waals surface area contributed by atoms with Crippen LogP contribution in [0.5, 0.6) is 5.75 Å². The van der Waals surface area contributed by atoms with Crippen molar-refractivity contribution >= 4 is 28.7 Å². The number of hydrogen-bond acceptors (Lipinski definition) is 8. The second-order valence-corrected chi connectivity index (χ2v) is 8.89. The maximum Gasteiger partial charge on any atom is 0.313 e. The van der Waals surface area contributed by atoms with Crippen LogP contribution >= 0.6 is 11.6 Å². The molecule has 0 radical (unpaired) electrons. The maximum atomic E-state index is 12.8. The first-order valence-corrected chi connectivity index (χ1v) is 10.9. The first-order valence-electron chi connectivity index (χ1n) is 10.6. The number of nitrogens with zero attached hydrogens (tertiary/aromatic N) is 3. The number of aliphatic hydroxyl groups excluding tert-OH is 1. The van der Waals surface area contributed by atoms with Gasteiger partial charge in [-0.2, -0.15) is 0 Å². The van der Waals surface area contributed by atoms with Gasteiger partial charge in [-0.15, -0.1) is 0 Å². The Morgan fingerprint density at radius 1 is 1.30 bits per heavy atom. The van der Waals surface area contributed by atoms with Gasteiger partial charge >= 0.3 is 5.65 Å². The van der Waals surface area contributed by atoms with E-state index in [2.05, 4.69) is 9.97 Å². The average Bonchev–Trinajstić information content (AvgIpc) is 3.37. The zero-order valence-corrected chi connectivity index (χ0v) is 18.9. The Bertz CT molecular complexity index is 1230. The third-order valence-corrected chi connectivity index (χ3v) is 5.94. The number of aliphatic hydroxyl groups is 1. The van der Waals surface area contributed by atoms with Crippen molar-refractivity contribution in [1.29, 1.82) is 0 Å². The number of H-pyrrole nitrogens is 1. The first kappa shape index (κ1) is 22.1. The lowest BCUT2D eigenvalue weighted by Gasteiger charge is -2.22. The van der Waals surface area contributed by atoms with Crippen molar-refractivity contribution in [2.75, 3.05) is 18.9 Å². The number of aromatic amines is 1. The van der Waals surface area contributed by atoms with E-state index in [1.807, 2.05) is 0 Å². The Kier molecular flexibility index (Phi) is 5.53. The number of aromatic nitrogens is 4. The van der Waals surface area contributed by atoms with E-state index in [4.69, 9.17) is 36.3 Å². The molecule has 0 spiro atoms. The van der Waals surface area contributed by atoms with Crippen molar-refractivity contribution in [1.82, 2.24) is 14.5 Å². The smallest absolute Gasteiger partial charge is 0.313 e. The van der Waals surface area contributed by atoms with Crippen molar-refractivity contribution in [3.8, 4) is 5.75 Å². The largest absolute Gasteiger partial charge is 0.490 e. The first-order chi connectivity index (χ1) is 15.8. The zero-order valence-electron chi connectivity index (χ0n) is 18.1. The van der Waals surface area contributed by atoms with Gasteiger partial charge in [-0.25, -0.2) is 4.57 Å². The summed E-state index contributed by atoms with van der Waals surface area (Å²) in [6.45, 7) is 4.02. The number of hydrogen-bond donors (Lipinski definition) is 3. The third-order valence-electron chi connectivity index (χ3n) is 5.68. The van der Waals surface area contributed by atoms with E-state index in [1.54, 1.807) is 53.6 Å². The molecule has 0 aliphatic carbocycles. The molecule has 0 amide bonds. The quantitative estimate of drug-likeness (QED) is 0.441. The minimum atomic E-state index is -0.833. The van der Waals surface area contributed by atoms with Crippen molar-refractivity contribution in [3.05, 3.63) is 46.0 Å². The molecule has 1 aromatic carbocycles. The summed E-state index contributed by atoms with van der Waals surface area (Å²) in [6, 6.07) is 7.02. The standard InChI is InChI=1S/C21H24ClN5O6/c1-21(2)32-15-13(9-28)31-19(16(15)33-21)27-10-26(14-17(27)24-20(23)25-18(14)29)7-8-30-12-5-3-11(22)4-6-12/h3-6,10,13,15-16,19,28H,7-9H2,1-2H3,(H2-,23,24,25,29)/p+1/t13-,15-,16-,19-/m1/s1. The molecule has 12 heteroatoms. The van der Waals surface area contributed by atoms with Gasteiger partial charge in [-0.1, -0.05) is 16.6 Å². The summed E-state index contributed by atoms with van der Waals surface area (Å²) in [7, 11) is 0. The zero-order chi connectivity index (χ0) is 23.3. The number of anilines is 1. The molecule has 2 fully saturated rings. The van der Waals surface area contributed by atoms with Gasteiger partial charge in [0.05, 0.1) is 6.61 Å². The predicted octanol–water partition coefficient (Wildman–Crippen LogP) is 0.737. The summed E-state index contributed by atoms with van der Waals surface area (Å²) in [5.41, 5.74) is 6.09. The lowest BCUT2D eigenvalue weighted by molar-refractivity contribution is -0.746. The highest BCUT2D eigenvalue weighted by Crippen LogP contribution is 2.41. The molecule has 33 heavy (non-hydrogen) atoms. The third kappa shape index (κ3) is 4.06. The number of ether oxygens (including phenoxy) is 4. The van der Waals surface area contributed by atoms with E-state index in [0.717, 1.165) is 0 Å². The van der Waals surface area contributed by atoms with Gasteiger partial charge in [0.15, 0.2) is 12.1 Å². The lowest BCUT2D eigenvalue weighted by atomic mass is 10.1. The lowest BCUT2D eigenvalue weighted by Crippen LogP contribution is -2.46. The molecule has 176 valence electrons. The molecule has 2 saturated heterocycles. The second-order valence-electron chi connectivity index (χ2n) is 8.45. The van der Waals surface area contributed by atoms with Gasteiger partial charge in [0, 0.05) is 5.02 Å². The Morgan fingerprint density at radius 2 is 2.03 bits per heavy atom. The van der Waals surface area contributed by atoms with Gasteiger partial charge in [-0.05, 0) is 38.1 Å². The Labute approximate surface area is 193 Å². The summed E-state index contributed by atoms with van der Waals surface area (Å²) in [4.78, 5) is 19.7. The number of benzene rings is 1. The van der Waals surface area contributed by atoms with E-state index in [9.17, 15) is 9.90 Å². The maximum absolute atomic E-state index is 12.8. The van der Waals surface area contributed by atoms with Crippen LogP contribution in [0.15, 0.2) is 35.4 Å². The van der Waals surface area contributed by atoms with Gasteiger partial charge in [0.1, 0.15) is 37.2 Å². The predicted molar refractivity (Wildman–Crippen MR) is 117 cm³/mol.